The van der Waals surface area contributed by atoms with Gasteiger partial charge in [0.25, 0.3) is 5.91 Å². The molecule has 2 rings (SSSR count). The van der Waals surface area contributed by atoms with Gasteiger partial charge in [0.2, 0.25) is 5.95 Å². The molecular weight excluding hydrogens is 276 g/mol. The molecule has 5 nitrogen and oxygen atoms in total. The topological polar surface area (TPSA) is 66.9 Å². The summed E-state index contributed by atoms with van der Waals surface area (Å²) in [6, 6.07) is 4.35. The number of rotatable bonds is 4. The molecule has 0 aliphatic rings. The number of hydrogen-bond acceptors (Lipinski definition) is 4. The van der Waals surface area contributed by atoms with Crippen LogP contribution >= 0.6 is 0 Å². The maximum absolute atomic E-state index is 12.3. The van der Waals surface area contributed by atoms with Gasteiger partial charge in [-0.25, -0.2) is 9.97 Å². The first kappa shape index (κ1) is 15.9. The summed E-state index contributed by atoms with van der Waals surface area (Å²) in [5.41, 5.74) is 4.56. The minimum atomic E-state index is -0.203. The van der Waals surface area contributed by atoms with Crippen LogP contribution in [-0.4, -0.2) is 21.9 Å². The first-order valence-corrected chi connectivity index (χ1v) is 7.34. The van der Waals surface area contributed by atoms with E-state index < -0.39 is 0 Å². The largest absolute Gasteiger partial charge is 0.352 e. The number of nitrogens with zero attached hydrogens (tertiary/aromatic N) is 2. The maximum atomic E-state index is 12.3. The Labute approximate surface area is 131 Å². The number of carbonyl (C=O) groups is 1. The molecule has 2 aromatic rings. The molecule has 0 radical (unpaired) electrons. The Morgan fingerprint density at radius 3 is 2.09 bits per heavy atom. The van der Waals surface area contributed by atoms with Crippen LogP contribution in [0, 0.1) is 20.8 Å². The van der Waals surface area contributed by atoms with E-state index in [2.05, 4.69) is 32.7 Å². The molecule has 0 spiro atoms. The van der Waals surface area contributed by atoms with Crippen LogP contribution in [0.5, 0.6) is 0 Å². The first-order valence-electron chi connectivity index (χ1n) is 7.34. The van der Waals surface area contributed by atoms with Gasteiger partial charge in [0.05, 0.1) is 5.56 Å². The Balaban J connectivity index is 2.16. The molecule has 0 saturated carbocycles. The third kappa shape index (κ3) is 3.81. The summed E-state index contributed by atoms with van der Waals surface area (Å²) in [6.45, 7) is 10.0. The van der Waals surface area contributed by atoms with Gasteiger partial charge < -0.3 is 10.6 Å². The molecule has 0 unspecified atom stereocenters. The van der Waals surface area contributed by atoms with Crippen molar-refractivity contribution in [1.29, 1.82) is 0 Å². The number of amides is 1. The van der Waals surface area contributed by atoms with E-state index in [1.165, 1.54) is 18.0 Å². The summed E-state index contributed by atoms with van der Waals surface area (Å²) >= 11 is 0. The highest BCUT2D eigenvalue weighted by molar-refractivity contribution is 6.04. The Morgan fingerprint density at radius 1 is 1.05 bits per heavy atom. The normalized spacial score (nSPS) is 10.6. The van der Waals surface area contributed by atoms with Crippen molar-refractivity contribution < 1.29 is 4.79 Å². The van der Waals surface area contributed by atoms with E-state index in [0.717, 1.165) is 16.8 Å². The van der Waals surface area contributed by atoms with E-state index >= 15 is 0 Å². The van der Waals surface area contributed by atoms with Crippen LogP contribution < -0.4 is 10.6 Å². The molecule has 5 heteroatoms. The van der Waals surface area contributed by atoms with E-state index in [0.29, 0.717) is 11.5 Å². The monoisotopic (exact) mass is 298 g/mol. The van der Waals surface area contributed by atoms with Crippen molar-refractivity contribution in [3.05, 3.63) is 46.8 Å². The molecule has 1 aromatic heterocycles. The zero-order chi connectivity index (χ0) is 16.3. The molecule has 116 valence electrons. The Morgan fingerprint density at radius 2 is 1.59 bits per heavy atom. The molecular formula is C17H22N4O. The van der Waals surface area contributed by atoms with Gasteiger partial charge in [0.1, 0.15) is 0 Å². The summed E-state index contributed by atoms with van der Waals surface area (Å²) in [5, 5.41) is 6.03. The van der Waals surface area contributed by atoms with Crippen LogP contribution in [0.25, 0.3) is 0 Å². The molecule has 0 fully saturated rings. The predicted molar refractivity (Wildman–Crippen MR) is 89.4 cm³/mol. The van der Waals surface area contributed by atoms with Crippen molar-refractivity contribution in [2.45, 2.75) is 40.7 Å². The number of carbonyl (C=O) groups excluding carboxylic acids is 1. The Hall–Kier alpha value is -2.43. The molecule has 0 bridgehead atoms. The van der Waals surface area contributed by atoms with Gasteiger partial charge in [0.15, 0.2) is 0 Å². The number of aromatic nitrogens is 2. The number of hydrogen-bond donors (Lipinski definition) is 2. The third-order valence-corrected chi connectivity index (χ3v) is 3.25. The quantitative estimate of drug-likeness (QED) is 0.907. The number of benzene rings is 1. The second kappa shape index (κ2) is 6.56. The van der Waals surface area contributed by atoms with Gasteiger partial charge in [-0.05, 0) is 45.7 Å². The standard InChI is InChI=1S/C17H22N4O/c1-10(2)20-17-18-8-14(9-19-17)16(22)21-15-12(4)6-11(3)7-13(15)5/h6-10H,1-5H3,(H,21,22)(H,18,19,20). The highest BCUT2D eigenvalue weighted by Gasteiger charge is 2.11. The number of aryl methyl sites for hydroxylation is 3. The van der Waals surface area contributed by atoms with Crippen LogP contribution in [0.1, 0.15) is 40.9 Å². The van der Waals surface area contributed by atoms with Crippen LogP contribution in [0.15, 0.2) is 24.5 Å². The zero-order valence-electron chi connectivity index (χ0n) is 13.7. The predicted octanol–water partition coefficient (Wildman–Crippen LogP) is 3.47. The minimum absolute atomic E-state index is 0.203. The van der Waals surface area contributed by atoms with Crippen molar-refractivity contribution in [1.82, 2.24) is 9.97 Å². The lowest BCUT2D eigenvalue weighted by atomic mass is 10.0. The van der Waals surface area contributed by atoms with Crippen molar-refractivity contribution in [2.24, 2.45) is 0 Å². The molecule has 0 saturated heterocycles. The summed E-state index contributed by atoms with van der Waals surface area (Å²) in [4.78, 5) is 20.6. The van der Waals surface area contributed by atoms with Crippen molar-refractivity contribution >= 4 is 17.5 Å². The summed E-state index contributed by atoms with van der Waals surface area (Å²) in [7, 11) is 0. The van der Waals surface area contributed by atoms with Gasteiger partial charge in [-0.2, -0.15) is 0 Å². The van der Waals surface area contributed by atoms with E-state index in [-0.39, 0.29) is 11.9 Å². The average molecular weight is 298 g/mol. The molecule has 0 aliphatic carbocycles. The zero-order valence-corrected chi connectivity index (χ0v) is 13.7. The fraction of sp³-hybridized carbons (Fsp3) is 0.353. The van der Waals surface area contributed by atoms with E-state index in [1.54, 1.807) is 0 Å². The SMILES string of the molecule is Cc1cc(C)c(NC(=O)c2cnc(NC(C)C)nc2)c(C)c1. The van der Waals surface area contributed by atoms with E-state index in [4.69, 9.17) is 0 Å². The molecule has 0 aliphatic heterocycles. The highest BCUT2D eigenvalue weighted by Crippen LogP contribution is 2.22. The van der Waals surface area contributed by atoms with Gasteiger partial charge in [0, 0.05) is 24.1 Å². The Bertz CT molecular complexity index is 655. The van der Waals surface area contributed by atoms with E-state index in [9.17, 15) is 4.79 Å². The lowest BCUT2D eigenvalue weighted by Crippen LogP contribution is -2.16. The average Bonchev–Trinajstić information content (AvgIpc) is 2.42. The summed E-state index contributed by atoms with van der Waals surface area (Å²) in [5.74, 6) is 0.320. The summed E-state index contributed by atoms with van der Waals surface area (Å²) in [6.07, 6.45) is 3.07. The smallest absolute Gasteiger partial charge is 0.258 e. The second-order valence-corrected chi connectivity index (χ2v) is 5.82. The molecule has 1 aromatic carbocycles. The Kier molecular flexibility index (Phi) is 4.75. The lowest BCUT2D eigenvalue weighted by Gasteiger charge is -2.13. The number of nitrogens with one attached hydrogen (secondary N) is 2. The third-order valence-electron chi connectivity index (χ3n) is 3.25. The van der Waals surface area contributed by atoms with Gasteiger partial charge in [-0.15, -0.1) is 0 Å². The van der Waals surface area contributed by atoms with Gasteiger partial charge >= 0.3 is 0 Å². The second-order valence-electron chi connectivity index (χ2n) is 5.82. The van der Waals surface area contributed by atoms with Gasteiger partial charge in [-0.3, -0.25) is 4.79 Å². The maximum Gasteiger partial charge on any atom is 0.258 e. The summed E-state index contributed by atoms with van der Waals surface area (Å²) < 4.78 is 0. The number of anilines is 2. The van der Waals surface area contributed by atoms with Crippen LogP contribution in [0.3, 0.4) is 0 Å². The molecule has 0 atom stereocenters. The van der Waals surface area contributed by atoms with E-state index in [1.807, 2.05) is 34.6 Å². The van der Waals surface area contributed by atoms with Crippen molar-refractivity contribution in [3.8, 4) is 0 Å². The fourth-order valence-electron chi connectivity index (χ4n) is 2.34. The molecule has 1 heterocycles. The molecule has 1 amide bonds. The van der Waals surface area contributed by atoms with Crippen LogP contribution in [-0.2, 0) is 0 Å². The van der Waals surface area contributed by atoms with Crippen LogP contribution in [0.4, 0.5) is 11.6 Å². The van der Waals surface area contributed by atoms with Crippen molar-refractivity contribution in [3.63, 3.8) is 0 Å². The van der Waals surface area contributed by atoms with Gasteiger partial charge in [-0.1, -0.05) is 17.7 Å². The lowest BCUT2D eigenvalue weighted by molar-refractivity contribution is 0.102. The first-order chi connectivity index (χ1) is 10.4. The van der Waals surface area contributed by atoms with Crippen molar-refractivity contribution in [2.75, 3.05) is 10.6 Å². The minimum Gasteiger partial charge on any atom is -0.352 e. The van der Waals surface area contributed by atoms with Crippen LogP contribution in [0.2, 0.25) is 0 Å². The highest BCUT2D eigenvalue weighted by atomic mass is 16.1. The molecule has 22 heavy (non-hydrogen) atoms. The molecule has 2 N–H and O–H groups in total. The fourth-order valence-corrected chi connectivity index (χ4v) is 2.34.